The Bertz CT molecular complexity index is 509. The van der Waals surface area contributed by atoms with E-state index in [9.17, 15) is 4.79 Å². The van der Waals surface area contributed by atoms with Crippen LogP contribution in [0.25, 0.3) is 0 Å². The molecule has 21 heavy (non-hydrogen) atoms. The van der Waals surface area contributed by atoms with Crippen molar-refractivity contribution in [2.45, 2.75) is 51.4 Å². The lowest BCUT2D eigenvalue weighted by Crippen LogP contribution is -2.73. The van der Waals surface area contributed by atoms with Crippen molar-refractivity contribution < 1.29 is 9.53 Å². The van der Waals surface area contributed by atoms with Crippen LogP contribution in [-0.2, 0) is 11.3 Å². The third-order valence-corrected chi connectivity index (χ3v) is 4.35. The number of nitrogens with one attached hydrogen (secondary N) is 1. The third-order valence-electron chi connectivity index (χ3n) is 4.35. The van der Waals surface area contributed by atoms with Gasteiger partial charge in [-0.3, -0.25) is 0 Å². The lowest BCUT2D eigenvalue weighted by atomic mass is 9.67. The number of hydrogen-bond acceptors (Lipinski definition) is 3. The Balaban J connectivity index is 1.43. The van der Waals surface area contributed by atoms with E-state index in [0.717, 1.165) is 19.5 Å². The molecule has 1 heterocycles. The highest BCUT2D eigenvalue weighted by Crippen LogP contribution is 2.42. The van der Waals surface area contributed by atoms with Crippen LogP contribution < -0.4 is 5.32 Å². The van der Waals surface area contributed by atoms with E-state index in [0.29, 0.717) is 18.0 Å². The predicted octanol–water partition coefficient (Wildman–Crippen LogP) is 2.78. The highest BCUT2D eigenvalue weighted by Gasteiger charge is 2.55. The van der Waals surface area contributed by atoms with Crippen LogP contribution in [0, 0.1) is 5.92 Å². The van der Waals surface area contributed by atoms with Crippen molar-refractivity contribution in [3.05, 3.63) is 35.9 Å². The maximum atomic E-state index is 12.0. The normalized spacial score (nSPS) is 27.4. The van der Waals surface area contributed by atoms with Crippen LogP contribution in [0.15, 0.2) is 30.3 Å². The molecule has 1 unspecified atom stereocenters. The second-order valence-electron chi connectivity index (χ2n) is 7.07. The molecule has 1 N–H and O–H groups in total. The highest BCUT2D eigenvalue weighted by molar-refractivity contribution is 5.70. The SMILES string of the molecule is CC(C)(C)OC(=O)N1C[C@H]2C1C[C@H]2NCc1ccccc1. The summed E-state index contributed by atoms with van der Waals surface area (Å²) < 4.78 is 5.43. The van der Waals surface area contributed by atoms with E-state index in [1.165, 1.54) is 5.56 Å². The number of amides is 1. The van der Waals surface area contributed by atoms with Gasteiger partial charge in [0.05, 0.1) is 0 Å². The smallest absolute Gasteiger partial charge is 0.410 e. The summed E-state index contributed by atoms with van der Waals surface area (Å²) in [4.78, 5) is 13.9. The van der Waals surface area contributed by atoms with Gasteiger partial charge in [0.2, 0.25) is 0 Å². The minimum atomic E-state index is -0.406. The molecule has 0 radical (unpaired) electrons. The van der Waals surface area contributed by atoms with Crippen molar-refractivity contribution in [3.8, 4) is 0 Å². The Morgan fingerprint density at radius 3 is 2.62 bits per heavy atom. The summed E-state index contributed by atoms with van der Waals surface area (Å²) in [5, 5.41) is 3.60. The first kappa shape index (κ1) is 14.4. The number of benzene rings is 1. The molecule has 0 spiro atoms. The van der Waals surface area contributed by atoms with E-state index in [1.54, 1.807) is 0 Å². The van der Waals surface area contributed by atoms with Gasteiger partial charge in [-0.2, -0.15) is 0 Å². The zero-order valence-electron chi connectivity index (χ0n) is 13.0. The van der Waals surface area contributed by atoms with Crippen LogP contribution in [0.5, 0.6) is 0 Å². The maximum Gasteiger partial charge on any atom is 0.410 e. The summed E-state index contributed by atoms with van der Waals surface area (Å²) in [5.41, 5.74) is 0.904. The Morgan fingerprint density at radius 2 is 2.05 bits per heavy atom. The molecule has 0 aromatic heterocycles. The molecule has 1 aliphatic heterocycles. The van der Waals surface area contributed by atoms with Gasteiger partial charge in [-0.25, -0.2) is 4.79 Å². The molecule has 1 amide bonds. The van der Waals surface area contributed by atoms with Crippen LogP contribution >= 0.6 is 0 Å². The molecule has 0 bridgehead atoms. The average Bonchev–Trinajstić information content (AvgIpc) is 2.39. The standard InChI is InChI=1S/C17H24N2O2/c1-17(2,3)21-16(20)19-11-13-14(9-15(13)19)18-10-12-7-5-4-6-8-12/h4-8,13-15,18H,9-11H2,1-3H3/t13-,14-,15?/m1/s1. The van der Waals surface area contributed by atoms with Gasteiger partial charge in [-0.15, -0.1) is 0 Å². The Kier molecular flexibility index (Phi) is 3.66. The average molecular weight is 288 g/mol. The first-order valence-electron chi connectivity index (χ1n) is 7.71. The minimum absolute atomic E-state index is 0.162. The summed E-state index contributed by atoms with van der Waals surface area (Å²) in [6.07, 6.45) is 0.877. The molecular formula is C17H24N2O2. The summed E-state index contributed by atoms with van der Waals surface area (Å²) in [6.45, 7) is 7.46. The van der Waals surface area contributed by atoms with E-state index in [1.807, 2.05) is 31.7 Å². The fraction of sp³-hybridized carbons (Fsp3) is 0.588. The molecule has 3 rings (SSSR count). The van der Waals surface area contributed by atoms with Gasteiger partial charge < -0.3 is 15.0 Å². The number of fused-ring (bicyclic) bond motifs is 1. The minimum Gasteiger partial charge on any atom is -0.444 e. The number of nitrogens with zero attached hydrogens (tertiary/aromatic N) is 1. The molecule has 3 atom stereocenters. The molecule has 2 fully saturated rings. The van der Waals surface area contributed by atoms with E-state index in [-0.39, 0.29) is 6.09 Å². The molecule has 1 saturated heterocycles. The van der Waals surface area contributed by atoms with E-state index < -0.39 is 5.60 Å². The van der Waals surface area contributed by atoms with E-state index in [4.69, 9.17) is 4.74 Å². The van der Waals surface area contributed by atoms with Crippen molar-refractivity contribution in [2.75, 3.05) is 6.54 Å². The predicted molar refractivity (Wildman–Crippen MR) is 81.9 cm³/mol. The number of rotatable bonds is 3. The van der Waals surface area contributed by atoms with Crippen LogP contribution in [0.3, 0.4) is 0 Å². The van der Waals surface area contributed by atoms with Crippen molar-refractivity contribution in [1.29, 1.82) is 0 Å². The molecule has 114 valence electrons. The number of hydrogen-bond donors (Lipinski definition) is 1. The van der Waals surface area contributed by atoms with Crippen molar-refractivity contribution in [2.24, 2.45) is 5.92 Å². The molecule has 2 aliphatic rings. The fourth-order valence-electron chi connectivity index (χ4n) is 3.12. The largest absolute Gasteiger partial charge is 0.444 e. The summed E-state index contributed by atoms with van der Waals surface area (Å²) in [6, 6.07) is 11.4. The number of likely N-dealkylation sites (tertiary alicyclic amines) is 1. The van der Waals surface area contributed by atoms with Gasteiger partial charge in [0, 0.05) is 31.1 Å². The van der Waals surface area contributed by atoms with E-state index >= 15 is 0 Å². The first-order valence-corrected chi connectivity index (χ1v) is 7.71. The van der Waals surface area contributed by atoms with Gasteiger partial charge in [0.25, 0.3) is 0 Å². The van der Waals surface area contributed by atoms with Crippen molar-refractivity contribution in [1.82, 2.24) is 10.2 Å². The molecule has 1 saturated carbocycles. The monoisotopic (exact) mass is 288 g/mol. The number of piperidine rings is 1. The van der Waals surface area contributed by atoms with Gasteiger partial charge in [0.1, 0.15) is 5.60 Å². The van der Waals surface area contributed by atoms with Gasteiger partial charge in [-0.1, -0.05) is 30.3 Å². The Labute approximate surface area is 126 Å². The molecule has 4 nitrogen and oxygen atoms in total. The Morgan fingerprint density at radius 1 is 1.33 bits per heavy atom. The second-order valence-corrected chi connectivity index (χ2v) is 7.07. The topological polar surface area (TPSA) is 41.6 Å². The number of carbonyl (C=O) groups excluding carboxylic acids is 1. The molecular weight excluding hydrogens is 264 g/mol. The van der Waals surface area contributed by atoms with Crippen LogP contribution in [0.2, 0.25) is 0 Å². The van der Waals surface area contributed by atoms with Crippen molar-refractivity contribution in [3.63, 3.8) is 0 Å². The quantitative estimate of drug-likeness (QED) is 0.930. The highest BCUT2D eigenvalue weighted by atomic mass is 16.6. The molecule has 1 aromatic carbocycles. The first-order chi connectivity index (χ1) is 9.94. The molecule has 1 aromatic rings. The Hall–Kier alpha value is -1.55. The van der Waals surface area contributed by atoms with Gasteiger partial charge in [-0.05, 0) is 32.8 Å². The number of ether oxygens (including phenoxy) is 1. The summed E-state index contributed by atoms with van der Waals surface area (Å²) >= 11 is 0. The maximum absolute atomic E-state index is 12.0. The fourth-order valence-corrected chi connectivity index (χ4v) is 3.12. The van der Waals surface area contributed by atoms with Gasteiger partial charge in [0.15, 0.2) is 0 Å². The molecule has 1 aliphatic carbocycles. The van der Waals surface area contributed by atoms with Crippen LogP contribution in [0.1, 0.15) is 32.8 Å². The lowest BCUT2D eigenvalue weighted by Gasteiger charge is -2.59. The van der Waals surface area contributed by atoms with Crippen molar-refractivity contribution >= 4 is 6.09 Å². The second kappa shape index (κ2) is 5.34. The van der Waals surface area contributed by atoms with Crippen LogP contribution in [-0.4, -0.2) is 35.2 Å². The number of carbonyl (C=O) groups is 1. The zero-order chi connectivity index (χ0) is 15.0. The zero-order valence-corrected chi connectivity index (χ0v) is 13.0. The summed E-state index contributed by atoms with van der Waals surface area (Å²) in [5.74, 6) is 0.598. The third kappa shape index (κ3) is 3.05. The lowest BCUT2D eigenvalue weighted by molar-refractivity contribution is -0.0893. The van der Waals surface area contributed by atoms with Crippen LogP contribution in [0.4, 0.5) is 4.79 Å². The molecule has 4 heteroatoms. The van der Waals surface area contributed by atoms with E-state index in [2.05, 4.69) is 29.6 Å². The van der Waals surface area contributed by atoms with Gasteiger partial charge >= 0.3 is 6.09 Å². The summed E-state index contributed by atoms with van der Waals surface area (Å²) in [7, 11) is 0.